The number of nitrogens with zero attached hydrogens (tertiary/aromatic N) is 2. The van der Waals surface area contributed by atoms with Crippen LogP contribution in [0.1, 0.15) is 41.0 Å². The molecule has 0 saturated carbocycles. The van der Waals surface area contributed by atoms with Crippen LogP contribution in [0.25, 0.3) is 0 Å². The second kappa shape index (κ2) is 6.36. The average molecular weight is 255 g/mol. The summed E-state index contributed by atoms with van der Waals surface area (Å²) >= 11 is 0. The highest BCUT2D eigenvalue weighted by molar-refractivity contribution is 4.88. The molecule has 108 valence electrons. The van der Waals surface area contributed by atoms with Crippen molar-refractivity contribution in [2.45, 2.75) is 58.7 Å². The van der Waals surface area contributed by atoms with E-state index in [9.17, 15) is 0 Å². The molecule has 1 N–H and O–H groups in total. The quantitative estimate of drug-likeness (QED) is 0.811. The van der Waals surface area contributed by atoms with Crippen LogP contribution in [0.3, 0.4) is 0 Å². The Hall–Kier alpha value is -0.120. The fourth-order valence-electron chi connectivity index (χ4n) is 2.69. The smallest absolute Gasteiger partial charge is 0.0244 e. The summed E-state index contributed by atoms with van der Waals surface area (Å²) in [7, 11) is 4.40. The van der Waals surface area contributed by atoms with Gasteiger partial charge < -0.3 is 10.2 Å². The van der Waals surface area contributed by atoms with E-state index in [0.29, 0.717) is 12.0 Å². The number of hydrogen-bond acceptors (Lipinski definition) is 3. The van der Waals surface area contributed by atoms with Crippen molar-refractivity contribution in [1.82, 2.24) is 15.1 Å². The molecular weight excluding hydrogens is 222 g/mol. The second-order valence-corrected chi connectivity index (χ2v) is 7.34. The molecule has 0 aromatic rings. The minimum atomic E-state index is 0.216. The molecule has 1 saturated heterocycles. The molecular formula is C15H33N3. The van der Waals surface area contributed by atoms with Gasteiger partial charge in [0, 0.05) is 37.3 Å². The zero-order chi connectivity index (χ0) is 13.9. The summed E-state index contributed by atoms with van der Waals surface area (Å²) in [5.41, 5.74) is 0.216. The highest BCUT2D eigenvalue weighted by Gasteiger charge is 2.31. The average Bonchev–Trinajstić information content (AvgIpc) is 2.64. The monoisotopic (exact) mass is 255 g/mol. The van der Waals surface area contributed by atoms with Gasteiger partial charge in [0.25, 0.3) is 0 Å². The summed E-state index contributed by atoms with van der Waals surface area (Å²) in [4.78, 5) is 5.04. The van der Waals surface area contributed by atoms with Gasteiger partial charge in [-0.2, -0.15) is 0 Å². The van der Waals surface area contributed by atoms with Crippen molar-refractivity contribution in [2.24, 2.45) is 5.92 Å². The Morgan fingerprint density at radius 1 is 1.28 bits per heavy atom. The van der Waals surface area contributed by atoms with Crippen LogP contribution in [0.4, 0.5) is 0 Å². The summed E-state index contributed by atoms with van der Waals surface area (Å²) in [6.45, 7) is 15.0. The maximum absolute atomic E-state index is 3.67. The molecule has 0 spiro atoms. The van der Waals surface area contributed by atoms with Crippen LogP contribution in [0, 0.1) is 5.92 Å². The van der Waals surface area contributed by atoms with Gasteiger partial charge in [0.2, 0.25) is 0 Å². The summed E-state index contributed by atoms with van der Waals surface area (Å²) in [5, 5.41) is 3.67. The van der Waals surface area contributed by atoms with Crippen LogP contribution in [0.15, 0.2) is 0 Å². The van der Waals surface area contributed by atoms with Gasteiger partial charge in [-0.25, -0.2) is 0 Å². The van der Waals surface area contributed by atoms with Gasteiger partial charge in [-0.15, -0.1) is 0 Å². The van der Waals surface area contributed by atoms with E-state index in [1.54, 1.807) is 0 Å². The largest absolute Gasteiger partial charge is 0.311 e. The third-order valence-corrected chi connectivity index (χ3v) is 4.01. The highest BCUT2D eigenvalue weighted by Crippen LogP contribution is 2.20. The van der Waals surface area contributed by atoms with Gasteiger partial charge in [0.1, 0.15) is 0 Å². The molecule has 1 aliphatic rings. The van der Waals surface area contributed by atoms with E-state index in [2.05, 4.69) is 63.8 Å². The molecule has 0 aromatic heterocycles. The summed E-state index contributed by atoms with van der Waals surface area (Å²) < 4.78 is 0. The van der Waals surface area contributed by atoms with E-state index in [4.69, 9.17) is 0 Å². The summed E-state index contributed by atoms with van der Waals surface area (Å²) in [6.07, 6.45) is 1.31. The molecule has 1 aliphatic heterocycles. The lowest BCUT2D eigenvalue weighted by Gasteiger charge is -2.34. The molecule has 0 radical (unpaired) electrons. The van der Waals surface area contributed by atoms with Crippen molar-refractivity contribution in [3.05, 3.63) is 0 Å². The van der Waals surface area contributed by atoms with Gasteiger partial charge in [-0.3, -0.25) is 4.90 Å². The lowest BCUT2D eigenvalue weighted by Crippen LogP contribution is -2.49. The van der Waals surface area contributed by atoms with Crippen molar-refractivity contribution in [1.29, 1.82) is 0 Å². The molecule has 3 heteroatoms. The van der Waals surface area contributed by atoms with Gasteiger partial charge in [-0.05, 0) is 47.2 Å². The number of rotatable bonds is 5. The Morgan fingerprint density at radius 3 is 2.28 bits per heavy atom. The number of likely N-dealkylation sites (tertiary alicyclic amines) is 1. The second-order valence-electron chi connectivity index (χ2n) is 7.34. The number of hydrogen-bond donors (Lipinski definition) is 1. The first-order valence-electron chi connectivity index (χ1n) is 7.36. The zero-order valence-corrected chi connectivity index (χ0v) is 13.5. The fourth-order valence-corrected chi connectivity index (χ4v) is 2.69. The fraction of sp³-hybridized carbons (Fsp3) is 1.00. The Balaban J connectivity index is 2.53. The first-order valence-corrected chi connectivity index (χ1v) is 7.36. The standard InChI is InChI=1S/C15H33N3/c1-12(2)14(10-16-15(3,4)5)18-9-8-13(11-18)17(6)7/h12-14,16H,8-11H2,1-7H3. The van der Waals surface area contributed by atoms with Gasteiger partial charge in [-0.1, -0.05) is 13.8 Å². The Morgan fingerprint density at radius 2 is 1.89 bits per heavy atom. The van der Waals surface area contributed by atoms with E-state index in [-0.39, 0.29) is 5.54 Å². The first kappa shape index (κ1) is 15.9. The van der Waals surface area contributed by atoms with Crippen molar-refractivity contribution >= 4 is 0 Å². The van der Waals surface area contributed by atoms with Crippen LogP contribution in [0.5, 0.6) is 0 Å². The van der Waals surface area contributed by atoms with Crippen molar-refractivity contribution in [3.63, 3.8) is 0 Å². The van der Waals surface area contributed by atoms with Crippen molar-refractivity contribution in [2.75, 3.05) is 33.7 Å². The predicted octanol–water partition coefficient (Wildman–Crippen LogP) is 2.04. The lowest BCUT2D eigenvalue weighted by atomic mass is 10.0. The maximum atomic E-state index is 3.67. The lowest BCUT2D eigenvalue weighted by molar-refractivity contribution is 0.163. The molecule has 2 atom stereocenters. The van der Waals surface area contributed by atoms with E-state index in [1.807, 2.05) is 0 Å². The first-order chi connectivity index (χ1) is 8.20. The number of nitrogens with one attached hydrogen (secondary N) is 1. The van der Waals surface area contributed by atoms with E-state index in [0.717, 1.165) is 12.6 Å². The third kappa shape index (κ3) is 4.87. The predicted molar refractivity (Wildman–Crippen MR) is 80.0 cm³/mol. The Labute approximate surface area is 114 Å². The van der Waals surface area contributed by atoms with Crippen molar-refractivity contribution in [3.8, 4) is 0 Å². The molecule has 0 aliphatic carbocycles. The topological polar surface area (TPSA) is 18.5 Å². The van der Waals surface area contributed by atoms with Gasteiger partial charge in [0.15, 0.2) is 0 Å². The van der Waals surface area contributed by atoms with Gasteiger partial charge in [0.05, 0.1) is 0 Å². The van der Waals surface area contributed by atoms with E-state index >= 15 is 0 Å². The molecule has 0 amide bonds. The molecule has 2 unspecified atom stereocenters. The molecule has 1 heterocycles. The minimum absolute atomic E-state index is 0.216. The molecule has 0 aromatic carbocycles. The normalized spacial score (nSPS) is 24.2. The highest BCUT2D eigenvalue weighted by atomic mass is 15.3. The summed E-state index contributed by atoms with van der Waals surface area (Å²) in [5.74, 6) is 0.709. The van der Waals surface area contributed by atoms with Crippen LogP contribution in [0.2, 0.25) is 0 Å². The van der Waals surface area contributed by atoms with Crippen LogP contribution >= 0.6 is 0 Å². The molecule has 18 heavy (non-hydrogen) atoms. The van der Waals surface area contributed by atoms with Crippen molar-refractivity contribution < 1.29 is 0 Å². The number of likely N-dealkylation sites (N-methyl/N-ethyl adjacent to an activating group) is 1. The third-order valence-electron chi connectivity index (χ3n) is 4.01. The Kier molecular flexibility index (Phi) is 5.63. The van der Waals surface area contributed by atoms with Gasteiger partial charge >= 0.3 is 0 Å². The molecule has 1 rings (SSSR count). The summed E-state index contributed by atoms with van der Waals surface area (Å²) in [6, 6.07) is 1.40. The van der Waals surface area contributed by atoms with Crippen LogP contribution in [-0.2, 0) is 0 Å². The molecule has 0 bridgehead atoms. The Bertz CT molecular complexity index is 243. The van der Waals surface area contributed by atoms with Crippen LogP contribution in [-0.4, -0.2) is 61.2 Å². The van der Waals surface area contributed by atoms with E-state index < -0.39 is 0 Å². The molecule has 3 nitrogen and oxygen atoms in total. The van der Waals surface area contributed by atoms with E-state index in [1.165, 1.54) is 19.5 Å². The maximum Gasteiger partial charge on any atom is 0.0244 e. The molecule has 1 fully saturated rings. The van der Waals surface area contributed by atoms with Crippen LogP contribution < -0.4 is 5.32 Å². The minimum Gasteiger partial charge on any atom is -0.311 e. The zero-order valence-electron chi connectivity index (χ0n) is 13.5. The SMILES string of the molecule is CC(C)C(CNC(C)(C)C)N1CCC(N(C)C)C1.